The minimum Gasteiger partial charge on any atom is -0.493 e. The van der Waals surface area contributed by atoms with Gasteiger partial charge in [-0.3, -0.25) is 0 Å². The zero-order valence-electron chi connectivity index (χ0n) is 13.5. The third-order valence-electron chi connectivity index (χ3n) is 3.38. The van der Waals surface area contributed by atoms with Gasteiger partial charge in [-0.2, -0.15) is 0 Å². The Morgan fingerprint density at radius 2 is 1.24 bits per heavy atom. The standard InChI is InChI=1S/C14H24O6Si/c1-15-12-9-11(10-13(16-2)14(12)17-3)7-8-21(18-4,19-5)20-6/h9-10H,7-8H2,1-6H3. The van der Waals surface area contributed by atoms with Gasteiger partial charge in [-0.05, 0) is 24.1 Å². The minimum absolute atomic E-state index is 0.581. The van der Waals surface area contributed by atoms with Crippen LogP contribution in [-0.4, -0.2) is 51.5 Å². The molecule has 0 fully saturated rings. The van der Waals surface area contributed by atoms with E-state index in [9.17, 15) is 0 Å². The van der Waals surface area contributed by atoms with Crippen molar-refractivity contribution in [1.82, 2.24) is 0 Å². The molecule has 0 radical (unpaired) electrons. The largest absolute Gasteiger partial charge is 0.500 e. The van der Waals surface area contributed by atoms with Gasteiger partial charge in [0.25, 0.3) is 0 Å². The third-order valence-corrected chi connectivity index (χ3v) is 6.11. The number of hydrogen-bond acceptors (Lipinski definition) is 6. The summed E-state index contributed by atoms with van der Waals surface area (Å²) >= 11 is 0. The van der Waals surface area contributed by atoms with E-state index in [1.165, 1.54) is 0 Å². The second-order valence-electron chi connectivity index (χ2n) is 4.33. The Morgan fingerprint density at radius 1 is 0.762 bits per heavy atom. The zero-order valence-corrected chi connectivity index (χ0v) is 14.5. The van der Waals surface area contributed by atoms with Gasteiger partial charge in [0, 0.05) is 27.4 Å². The fraction of sp³-hybridized carbons (Fsp3) is 0.571. The Hall–Kier alpha value is -1.28. The molecule has 0 saturated heterocycles. The molecule has 7 heteroatoms. The summed E-state index contributed by atoms with van der Waals surface area (Å²) in [5.41, 5.74) is 1.03. The maximum absolute atomic E-state index is 5.42. The Bertz CT molecular complexity index is 414. The lowest BCUT2D eigenvalue weighted by Gasteiger charge is -2.24. The maximum atomic E-state index is 5.42. The smallest absolute Gasteiger partial charge is 0.493 e. The van der Waals surface area contributed by atoms with Crippen molar-refractivity contribution in [2.24, 2.45) is 0 Å². The Kier molecular flexibility index (Phi) is 6.96. The van der Waals surface area contributed by atoms with Crippen LogP contribution in [0.3, 0.4) is 0 Å². The van der Waals surface area contributed by atoms with Crippen molar-refractivity contribution in [3.63, 3.8) is 0 Å². The Labute approximate surface area is 127 Å². The highest BCUT2D eigenvalue weighted by atomic mass is 28.4. The van der Waals surface area contributed by atoms with Crippen LogP contribution in [0.1, 0.15) is 5.56 Å². The number of rotatable bonds is 9. The van der Waals surface area contributed by atoms with Crippen molar-refractivity contribution in [2.75, 3.05) is 42.7 Å². The molecule has 0 atom stereocenters. The van der Waals surface area contributed by atoms with Gasteiger partial charge in [-0.15, -0.1) is 0 Å². The molecule has 1 aromatic rings. The van der Waals surface area contributed by atoms with Crippen LogP contribution in [0.25, 0.3) is 0 Å². The molecular weight excluding hydrogens is 292 g/mol. The van der Waals surface area contributed by atoms with E-state index in [2.05, 4.69) is 0 Å². The summed E-state index contributed by atoms with van der Waals surface area (Å²) in [6.45, 7) is 0. The lowest BCUT2D eigenvalue weighted by molar-refractivity contribution is 0.123. The first-order valence-electron chi connectivity index (χ1n) is 6.54. The number of benzene rings is 1. The molecule has 21 heavy (non-hydrogen) atoms. The molecule has 120 valence electrons. The monoisotopic (exact) mass is 316 g/mol. The van der Waals surface area contributed by atoms with Crippen LogP contribution in [0.5, 0.6) is 17.2 Å². The third kappa shape index (κ3) is 4.10. The number of aryl methyl sites for hydroxylation is 1. The first-order valence-corrected chi connectivity index (χ1v) is 8.47. The van der Waals surface area contributed by atoms with Crippen LogP contribution >= 0.6 is 0 Å². The fourth-order valence-electron chi connectivity index (χ4n) is 2.13. The van der Waals surface area contributed by atoms with Gasteiger partial charge in [0.2, 0.25) is 5.75 Å². The highest BCUT2D eigenvalue weighted by Gasteiger charge is 2.37. The van der Waals surface area contributed by atoms with Gasteiger partial charge in [-0.25, -0.2) is 0 Å². The van der Waals surface area contributed by atoms with Crippen molar-refractivity contribution >= 4 is 8.80 Å². The minimum atomic E-state index is -2.59. The number of methoxy groups -OCH3 is 3. The Balaban J connectivity index is 2.99. The summed E-state index contributed by atoms with van der Waals surface area (Å²) < 4.78 is 32.3. The highest BCUT2D eigenvalue weighted by Crippen LogP contribution is 2.38. The second-order valence-corrected chi connectivity index (χ2v) is 7.42. The van der Waals surface area contributed by atoms with Crippen molar-refractivity contribution < 1.29 is 27.5 Å². The first kappa shape index (κ1) is 17.8. The van der Waals surface area contributed by atoms with Crippen LogP contribution in [0.2, 0.25) is 6.04 Å². The SMILES string of the molecule is COc1cc(CC[Si](OC)(OC)OC)cc(OC)c1OC. The van der Waals surface area contributed by atoms with E-state index >= 15 is 0 Å². The van der Waals surface area contributed by atoms with Crippen LogP contribution in [-0.2, 0) is 19.7 Å². The van der Waals surface area contributed by atoms with Gasteiger partial charge in [-0.1, -0.05) is 0 Å². The van der Waals surface area contributed by atoms with E-state index in [1.807, 2.05) is 12.1 Å². The molecule has 0 aliphatic heterocycles. The van der Waals surface area contributed by atoms with E-state index in [4.69, 9.17) is 27.5 Å². The fourth-order valence-corrected chi connectivity index (χ4v) is 3.84. The predicted molar refractivity (Wildman–Crippen MR) is 81.4 cm³/mol. The maximum Gasteiger partial charge on any atom is 0.500 e. The van der Waals surface area contributed by atoms with Crippen LogP contribution < -0.4 is 14.2 Å². The molecule has 0 aliphatic rings. The summed E-state index contributed by atoms with van der Waals surface area (Å²) in [7, 11) is 7.00. The molecule has 0 aliphatic carbocycles. The van der Waals surface area contributed by atoms with E-state index < -0.39 is 8.80 Å². The lowest BCUT2D eigenvalue weighted by atomic mass is 10.1. The average molecular weight is 316 g/mol. The van der Waals surface area contributed by atoms with E-state index in [1.54, 1.807) is 42.7 Å². The summed E-state index contributed by atoms with van der Waals surface area (Å²) in [6.07, 6.45) is 0.721. The van der Waals surface area contributed by atoms with Crippen LogP contribution in [0.15, 0.2) is 12.1 Å². The van der Waals surface area contributed by atoms with Crippen molar-refractivity contribution in [2.45, 2.75) is 12.5 Å². The summed E-state index contributed by atoms with van der Waals surface area (Å²) in [6, 6.07) is 4.50. The van der Waals surface area contributed by atoms with Gasteiger partial charge in [0.15, 0.2) is 11.5 Å². The molecule has 0 unspecified atom stereocenters. The molecule has 0 saturated carbocycles. The molecule has 0 bridgehead atoms. The highest BCUT2D eigenvalue weighted by molar-refractivity contribution is 6.60. The molecule has 6 nitrogen and oxygen atoms in total. The zero-order chi connectivity index (χ0) is 15.9. The van der Waals surface area contributed by atoms with Gasteiger partial charge in [0.05, 0.1) is 21.3 Å². The van der Waals surface area contributed by atoms with Crippen molar-refractivity contribution in [1.29, 1.82) is 0 Å². The summed E-state index contributed by atoms with van der Waals surface area (Å²) in [5.74, 6) is 1.84. The quantitative estimate of drug-likeness (QED) is 0.651. The Morgan fingerprint density at radius 3 is 1.57 bits per heavy atom. The molecule has 0 aromatic heterocycles. The van der Waals surface area contributed by atoms with E-state index in [0.29, 0.717) is 23.3 Å². The van der Waals surface area contributed by atoms with Gasteiger partial charge in [0.1, 0.15) is 0 Å². The van der Waals surface area contributed by atoms with Crippen molar-refractivity contribution in [3.05, 3.63) is 17.7 Å². The predicted octanol–water partition coefficient (Wildman–Crippen LogP) is 2.13. The van der Waals surface area contributed by atoms with Crippen LogP contribution in [0.4, 0.5) is 0 Å². The average Bonchev–Trinajstić information content (AvgIpc) is 2.55. The summed E-state index contributed by atoms with van der Waals surface area (Å²) in [5, 5.41) is 0. The molecule has 0 N–H and O–H groups in total. The van der Waals surface area contributed by atoms with Crippen LogP contribution in [0, 0.1) is 0 Å². The molecular formula is C14H24O6Si. The molecule has 0 amide bonds. The van der Waals surface area contributed by atoms with Gasteiger partial charge < -0.3 is 27.5 Å². The first-order chi connectivity index (χ1) is 10.1. The number of ether oxygens (including phenoxy) is 3. The molecule has 0 spiro atoms. The van der Waals surface area contributed by atoms with E-state index in [-0.39, 0.29) is 0 Å². The second kappa shape index (κ2) is 8.23. The van der Waals surface area contributed by atoms with Crippen molar-refractivity contribution in [3.8, 4) is 17.2 Å². The molecule has 1 rings (SSSR count). The normalized spacial score (nSPS) is 11.3. The number of hydrogen-bond donors (Lipinski definition) is 0. The topological polar surface area (TPSA) is 55.4 Å². The molecule has 1 aromatic carbocycles. The summed E-state index contributed by atoms with van der Waals surface area (Å²) in [4.78, 5) is 0. The lowest BCUT2D eigenvalue weighted by Crippen LogP contribution is -2.43. The van der Waals surface area contributed by atoms with E-state index in [0.717, 1.165) is 12.0 Å². The molecule has 0 heterocycles. The van der Waals surface area contributed by atoms with Gasteiger partial charge >= 0.3 is 8.80 Å².